The second-order valence-electron chi connectivity index (χ2n) is 5.09. The van der Waals surface area contributed by atoms with E-state index in [1.807, 2.05) is 0 Å². The molecule has 0 heteroatoms. The summed E-state index contributed by atoms with van der Waals surface area (Å²) in [5, 5.41) is 0. The summed E-state index contributed by atoms with van der Waals surface area (Å²) in [6.45, 7) is 4.98. The van der Waals surface area contributed by atoms with E-state index in [9.17, 15) is 0 Å². The van der Waals surface area contributed by atoms with Gasteiger partial charge in [0, 0.05) is 0 Å². The van der Waals surface area contributed by atoms with Crippen molar-refractivity contribution in [2.24, 2.45) is 17.3 Å². The van der Waals surface area contributed by atoms with Gasteiger partial charge in [0.1, 0.15) is 0 Å². The van der Waals surface area contributed by atoms with Crippen molar-refractivity contribution in [2.75, 3.05) is 0 Å². The molecule has 2 aliphatic rings. The van der Waals surface area contributed by atoms with Gasteiger partial charge in [0.2, 0.25) is 0 Å². The van der Waals surface area contributed by atoms with Gasteiger partial charge in [-0.05, 0) is 36.5 Å². The van der Waals surface area contributed by atoms with Crippen LogP contribution in [0.4, 0.5) is 0 Å². The molecule has 2 fully saturated rings. The first-order valence-electron chi connectivity index (χ1n) is 5.21. The first kappa shape index (κ1) is 7.64. The first-order valence-corrected chi connectivity index (χ1v) is 5.21. The largest absolute Gasteiger partial charge is 0.0620 e. The number of hydrogen-bond acceptors (Lipinski definition) is 0. The summed E-state index contributed by atoms with van der Waals surface area (Å²) in [5.74, 6) is 2.10. The van der Waals surface area contributed by atoms with E-state index in [-0.39, 0.29) is 0 Å². The van der Waals surface area contributed by atoms with Gasteiger partial charge < -0.3 is 0 Å². The second-order valence-corrected chi connectivity index (χ2v) is 5.09. The lowest BCUT2D eigenvalue weighted by Crippen LogP contribution is -2.20. The fourth-order valence-corrected chi connectivity index (χ4v) is 3.15. The van der Waals surface area contributed by atoms with Crippen LogP contribution in [0, 0.1) is 17.3 Å². The van der Waals surface area contributed by atoms with Gasteiger partial charge in [-0.1, -0.05) is 33.1 Å². The van der Waals surface area contributed by atoms with Crippen molar-refractivity contribution in [3.63, 3.8) is 0 Å². The Labute approximate surface area is 70.4 Å². The van der Waals surface area contributed by atoms with Crippen LogP contribution in [0.2, 0.25) is 0 Å². The van der Waals surface area contributed by atoms with Crippen LogP contribution < -0.4 is 0 Å². The summed E-state index contributed by atoms with van der Waals surface area (Å²) < 4.78 is 0. The Morgan fingerprint density at radius 3 is 2.82 bits per heavy atom. The molecule has 0 heterocycles. The maximum Gasteiger partial charge on any atom is -0.0297 e. The lowest BCUT2D eigenvalue weighted by Gasteiger charge is -2.30. The molecule has 0 radical (unpaired) electrons. The Bertz CT molecular complexity index is 148. The minimum absolute atomic E-state index is 0.737. The Balaban J connectivity index is 2.15. The minimum atomic E-state index is 0.737. The highest BCUT2D eigenvalue weighted by Crippen LogP contribution is 2.52. The molecule has 0 spiro atoms. The molecule has 0 N–H and O–H groups in total. The zero-order valence-corrected chi connectivity index (χ0v) is 7.90. The zero-order valence-electron chi connectivity index (χ0n) is 7.90. The molecule has 0 amide bonds. The smallest absolute Gasteiger partial charge is 0.0297 e. The molecule has 2 rings (SSSR count). The quantitative estimate of drug-likeness (QED) is 0.497. The fraction of sp³-hybridized carbons (Fsp3) is 1.00. The maximum absolute atomic E-state index is 2.52. The molecule has 0 aromatic carbocycles. The van der Waals surface area contributed by atoms with E-state index in [0.717, 1.165) is 17.3 Å². The van der Waals surface area contributed by atoms with Gasteiger partial charge in [-0.2, -0.15) is 0 Å². The molecule has 3 unspecified atom stereocenters. The lowest BCUT2D eigenvalue weighted by atomic mass is 9.75. The normalized spacial score (nSPS) is 50.7. The van der Waals surface area contributed by atoms with Crippen molar-refractivity contribution in [3.05, 3.63) is 0 Å². The molecular formula is C11H20. The van der Waals surface area contributed by atoms with Crippen LogP contribution in [0.15, 0.2) is 0 Å². The first-order chi connectivity index (χ1) is 5.21. The Hall–Kier alpha value is 0. The maximum atomic E-state index is 2.52. The molecule has 2 saturated carbocycles. The molecule has 64 valence electrons. The van der Waals surface area contributed by atoms with Crippen molar-refractivity contribution < 1.29 is 0 Å². The molecule has 0 nitrogen and oxygen atoms in total. The average molecular weight is 152 g/mol. The van der Waals surface area contributed by atoms with E-state index in [0.29, 0.717) is 0 Å². The molecule has 0 saturated heterocycles. The zero-order chi connectivity index (χ0) is 7.90. The molecule has 0 aromatic rings. The molecule has 0 aliphatic heterocycles. The highest BCUT2D eigenvalue weighted by atomic mass is 14.5. The van der Waals surface area contributed by atoms with Gasteiger partial charge >= 0.3 is 0 Å². The van der Waals surface area contributed by atoms with E-state index >= 15 is 0 Å². The van der Waals surface area contributed by atoms with Crippen LogP contribution in [-0.2, 0) is 0 Å². The fourth-order valence-electron chi connectivity index (χ4n) is 3.15. The number of hydrogen-bond donors (Lipinski definition) is 0. The molecule has 11 heavy (non-hydrogen) atoms. The van der Waals surface area contributed by atoms with Crippen molar-refractivity contribution in [3.8, 4) is 0 Å². The molecule has 2 aliphatic carbocycles. The minimum Gasteiger partial charge on any atom is -0.0620 e. The summed E-state index contributed by atoms with van der Waals surface area (Å²) >= 11 is 0. The van der Waals surface area contributed by atoms with E-state index in [2.05, 4.69) is 13.8 Å². The van der Waals surface area contributed by atoms with E-state index < -0.39 is 0 Å². The van der Waals surface area contributed by atoms with Gasteiger partial charge in [0.15, 0.2) is 0 Å². The standard InChI is InChI=1S/C11H20/c1-9-4-3-5-10-6-7-11(9,2)8-10/h9-10H,3-8H2,1-2H3. The monoisotopic (exact) mass is 152 g/mol. The topological polar surface area (TPSA) is 0 Å². The average Bonchev–Trinajstić information content (AvgIpc) is 2.26. The Morgan fingerprint density at radius 2 is 2.00 bits per heavy atom. The summed E-state index contributed by atoms with van der Waals surface area (Å²) in [4.78, 5) is 0. The summed E-state index contributed by atoms with van der Waals surface area (Å²) in [5.41, 5.74) is 0.737. The summed E-state index contributed by atoms with van der Waals surface area (Å²) in [6, 6.07) is 0. The van der Waals surface area contributed by atoms with E-state index in [4.69, 9.17) is 0 Å². The van der Waals surface area contributed by atoms with Gasteiger partial charge in [-0.15, -0.1) is 0 Å². The lowest BCUT2D eigenvalue weighted by molar-refractivity contribution is 0.203. The molecular weight excluding hydrogens is 132 g/mol. The van der Waals surface area contributed by atoms with Crippen molar-refractivity contribution in [2.45, 2.75) is 52.4 Å². The molecule has 2 bridgehead atoms. The summed E-state index contributed by atoms with van der Waals surface area (Å²) in [7, 11) is 0. The number of fused-ring (bicyclic) bond motifs is 2. The highest BCUT2D eigenvalue weighted by molar-refractivity contribution is 4.91. The third-order valence-corrected chi connectivity index (χ3v) is 4.32. The predicted octanol–water partition coefficient (Wildman–Crippen LogP) is 3.61. The van der Waals surface area contributed by atoms with Crippen LogP contribution in [-0.4, -0.2) is 0 Å². The third kappa shape index (κ3) is 1.21. The molecule has 0 aromatic heterocycles. The van der Waals surface area contributed by atoms with Crippen LogP contribution in [0.1, 0.15) is 52.4 Å². The predicted molar refractivity (Wildman–Crippen MR) is 48.5 cm³/mol. The van der Waals surface area contributed by atoms with Crippen LogP contribution in [0.5, 0.6) is 0 Å². The van der Waals surface area contributed by atoms with Crippen molar-refractivity contribution >= 4 is 0 Å². The molecule has 3 atom stereocenters. The van der Waals surface area contributed by atoms with Crippen LogP contribution in [0.3, 0.4) is 0 Å². The number of rotatable bonds is 0. The van der Waals surface area contributed by atoms with Gasteiger partial charge in [0.05, 0.1) is 0 Å². The Kier molecular flexibility index (Phi) is 1.74. The van der Waals surface area contributed by atoms with E-state index in [1.165, 1.54) is 38.5 Å². The van der Waals surface area contributed by atoms with Gasteiger partial charge in [0.25, 0.3) is 0 Å². The SMILES string of the molecule is CC1CCCC2CCC1(C)C2. The second kappa shape index (κ2) is 2.50. The van der Waals surface area contributed by atoms with Crippen molar-refractivity contribution in [1.82, 2.24) is 0 Å². The Morgan fingerprint density at radius 1 is 1.18 bits per heavy atom. The van der Waals surface area contributed by atoms with Crippen LogP contribution in [0.25, 0.3) is 0 Å². The van der Waals surface area contributed by atoms with Crippen molar-refractivity contribution in [1.29, 1.82) is 0 Å². The van der Waals surface area contributed by atoms with Gasteiger partial charge in [-0.3, -0.25) is 0 Å². The third-order valence-electron chi connectivity index (χ3n) is 4.32. The van der Waals surface area contributed by atoms with Gasteiger partial charge in [-0.25, -0.2) is 0 Å². The van der Waals surface area contributed by atoms with Crippen LogP contribution >= 0.6 is 0 Å². The summed E-state index contributed by atoms with van der Waals surface area (Å²) in [6.07, 6.45) is 9.10. The highest BCUT2D eigenvalue weighted by Gasteiger charge is 2.40. The van der Waals surface area contributed by atoms with E-state index in [1.54, 1.807) is 0 Å².